The molecule has 14 heteroatoms. The molecule has 11 unspecified atom stereocenters. The Labute approximate surface area is 297 Å². The van der Waals surface area contributed by atoms with Crippen LogP contribution in [0.4, 0.5) is 0 Å². The van der Waals surface area contributed by atoms with E-state index in [-0.39, 0.29) is 11.1 Å². The molecule has 1 aliphatic carbocycles. The van der Waals surface area contributed by atoms with E-state index in [1.165, 1.54) is 13.8 Å². The van der Waals surface area contributed by atoms with Crippen molar-refractivity contribution in [1.29, 1.82) is 0 Å². The van der Waals surface area contributed by atoms with Gasteiger partial charge in [0.05, 0.1) is 0 Å². The minimum Gasteiger partial charge on any atom is -0.454 e. The molecule has 6 saturated heterocycles. The molecule has 1 spiro atoms. The van der Waals surface area contributed by atoms with Crippen LogP contribution in [0.2, 0.25) is 0 Å². The zero-order chi connectivity index (χ0) is 37.2. The first kappa shape index (κ1) is 38.6. The average Bonchev–Trinajstić information content (AvgIpc) is 3.99. The van der Waals surface area contributed by atoms with E-state index in [4.69, 9.17) is 47.4 Å². The monoisotopic (exact) mass is 716 g/mol. The van der Waals surface area contributed by atoms with Crippen LogP contribution in [0.25, 0.3) is 0 Å². The maximum absolute atomic E-state index is 12.1. The zero-order valence-electron chi connectivity index (χ0n) is 30.1. The molecule has 8 rings (SSSR count). The van der Waals surface area contributed by atoms with Crippen LogP contribution in [0.5, 0.6) is 0 Å². The molecule has 1 aromatic carbocycles. The highest BCUT2D eigenvalue weighted by Crippen LogP contribution is 2.49. The molecule has 1 aromatic rings. The topological polar surface area (TPSA) is 161 Å². The molecule has 11 atom stereocenters. The van der Waals surface area contributed by atoms with Gasteiger partial charge in [-0.2, -0.15) is 0 Å². The largest absolute Gasteiger partial charge is 0.454 e. The second-order valence-corrected chi connectivity index (χ2v) is 12.8. The predicted octanol–water partition coefficient (Wildman–Crippen LogP) is 4.28. The third-order valence-corrected chi connectivity index (χ3v) is 9.19. The minimum atomic E-state index is -1.14. The van der Waals surface area contributed by atoms with Crippen molar-refractivity contribution in [1.82, 2.24) is 0 Å². The molecule has 6 heterocycles. The van der Waals surface area contributed by atoms with Gasteiger partial charge in [0.1, 0.15) is 12.2 Å². The van der Waals surface area contributed by atoms with Gasteiger partial charge in [-0.15, -0.1) is 0 Å². The number of esters is 4. The SMILES string of the molecule is C=C(C)C(=O)OC1C(=O)OC2C3OC(C)(c4ccccc4)OC3OC12.C=C(C)C(=O)OC1C(=O)OC2C3OC4(CCCC4)OC3OC12.CC.CC. The highest BCUT2D eigenvalue weighted by molar-refractivity contribution is 5.91. The molecule has 0 aromatic heterocycles. The predicted molar refractivity (Wildman–Crippen MR) is 176 cm³/mol. The summed E-state index contributed by atoms with van der Waals surface area (Å²) in [5.74, 6) is -4.17. The van der Waals surface area contributed by atoms with Crippen LogP contribution in [-0.4, -0.2) is 91.1 Å². The van der Waals surface area contributed by atoms with Crippen molar-refractivity contribution in [2.45, 2.75) is 147 Å². The number of carbonyl (C=O) groups is 4. The Morgan fingerprint density at radius 3 is 1.59 bits per heavy atom. The standard InChI is InChI=1S/C18H18O7.C15H18O7.2C2H6/c1-9(2)15(19)22-13-11-12(21-16(13)20)14-17(23-11)25-18(3,24-14)10-7-5-4-6-8-10;1-7(2)12(16)19-10-8-9(18-13(10)17)11-14(20-8)22-15(21-11)5-3-4-6-15;2*1-2/h4-8,11-14,17H,1H2,2-3H3;8-11,14H,1,3-6H2,2H3;2*1-2H3. The van der Waals surface area contributed by atoms with Gasteiger partial charge in [0.25, 0.3) is 0 Å². The number of ether oxygens (including phenoxy) is 10. The number of benzene rings is 1. The van der Waals surface area contributed by atoms with E-state index in [0.717, 1.165) is 31.2 Å². The molecule has 7 aliphatic rings. The van der Waals surface area contributed by atoms with Crippen LogP contribution in [-0.2, 0) is 72.3 Å². The summed E-state index contributed by atoms with van der Waals surface area (Å²) in [5.41, 5.74) is 1.24. The molecule has 7 fully saturated rings. The molecule has 14 nitrogen and oxygen atoms in total. The minimum absolute atomic E-state index is 0.193. The maximum Gasteiger partial charge on any atom is 0.350 e. The fourth-order valence-electron chi connectivity index (χ4n) is 6.85. The Morgan fingerprint density at radius 1 is 0.667 bits per heavy atom. The van der Waals surface area contributed by atoms with Crippen LogP contribution >= 0.6 is 0 Å². The lowest BCUT2D eigenvalue weighted by molar-refractivity contribution is -0.232. The summed E-state index contributed by atoms with van der Waals surface area (Å²) in [6, 6.07) is 9.43. The molecule has 51 heavy (non-hydrogen) atoms. The lowest BCUT2D eigenvalue weighted by Gasteiger charge is -2.26. The number of fused-ring (bicyclic) bond motifs is 6. The van der Waals surface area contributed by atoms with Gasteiger partial charge in [-0.3, -0.25) is 0 Å². The van der Waals surface area contributed by atoms with Gasteiger partial charge in [0.2, 0.25) is 12.2 Å². The van der Waals surface area contributed by atoms with Crippen molar-refractivity contribution < 1.29 is 66.5 Å². The number of hydrogen-bond acceptors (Lipinski definition) is 14. The summed E-state index contributed by atoms with van der Waals surface area (Å²) < 4.78 is 56.4. The van der Waals surface area contributed by atoms with Crippen LogP contribution in [0, 0.1) is 0 Å². The van der Waals surface area contributed by atoms with Gasteiger partial charge in [0.15, 0.2) is 48.6 Å². The van der Waals surface area contributed by atoms with Gasteiger partial charge >= 0.3 is 23.9 Å². The van der Waals surface area contributed by atoms with E-state index in [1.807, 2.05) is 58.0 Å². The highest BCUT2D eigenvalue weighted by Gasteiger charge is 2.67. The molecule has 0 bridgehead atoms. The summed E-state index contributed by atoms with van der Waals surface area (Å²) in [7, 11) is 0. The van der Waals surface area contributed by atoms with E-state index in [2.05, 4.69) is 13.2 Å². The lowest BCUT2D eigenvalue weighted by atomic mass is 10.1. The Hall–Kier alpha value is -3.66. The third kappa shape index (κ3) is 7.35. The Morgan fingerprint density at radius 2 is 1.12 bits per heavy atom. The van der Waals surface area contributed by atoms with E-state index in [1.54, 1.807) is 6.92 Å². The van der Waals surface area contributed by atoms with Crippen molar-refractivity contribution in [3.8, 4) is 0 Å². The Bertz CT molecular complexity index is 1490. The summed E-state index contributed by atoms with van der Waals surface area (Å²) in [6.07, 6.45) is -3.56. The third-order valence-electron chi connectivity index (χ3n) is 9.19. The second kappa shape index (κ2) is 15.5. The van der Waals surface area contributed by atoms with Crippen LogP contribution in [0.3, 0.4) is 0 Å². The zero-order valence-corrected chi connectivity index (χ0v) is 30.1. The first-order valence-electron chi connectivity index (χ1n) is 17.6. The normalized spacial score (nSPS) is 37.1. The first-order valence-corrected chi connectivity index (χ1v) is 17.6. The highest BCUT2D eigenvalue weighted by atomic mass is 16.9. The van der Waals surface area contributed by atoms with Gasteiger partial charge < -0.3 is 47.4 Å². The number of hydrogen-bond donors (Lipinski definition) is 0. The van der Waals surface area contributed by atoms with Crippen molar-refractivity contribution in [3.05, 3.63) is 60.2 Å². The molecule has 1 saturated carbocycles. The summed E-state index contributed by atoms with van der Waals surface area (Å²) in [6.45, 7) is 19.8. The van der Waals surface area contributed by atoms with Crippen LogP contribution in [0.1, 0.15) is 79.7 Å². The van der Waals surface area contributed by atoms with Crippen LogP contribution in [0.15, 0.2) is 54.6 Å². The summed E-state index contributed by atoms with van der Waals surface area (Å²) in [4.78, 5) is 47.4. The van der Waals surface area contributed by atoms with E-state index < -0.39 is 96.9 Å². The fraction of sp³-hybridized carbons (Fsp3) is 0.622. The molecule has 0 amide bonds. The van der Waals surface area contributed by atoms with Crippen molar-refractivity contribution in [2.75, 3.05) is 0 Å². The summed E-state index contributed by atoms with van der Waals surface area (Å²) in [5, 5.41) is 0. The number of carbonyl (C=O) groups excluding carboxylic acids is 4. The van der Waals surface area contributed by atoms with E-state index in [0.29, 0.717) is 0 Å². The van der Waals surface area contributed by atoms with Gasteiger partial charge in [-0.1, -0.05) is 71.2 Å². The smallest absolute Gasteiger partial charge is 0.350 e. The molecular weight excluding hydrogens is 668 g/mol. The fourth-order valence-corrected chi connectivity index (χ4v) is 6.85. The molecule has 6 aliphatic heterocycles. The quantitative estimate of drug-likeness (QED) is 0.241. The van der Waals surface area contributed by atoms with E-state index >= 15 is 0 Å². The molecular formula is C37H48O14. The van der Waals surface area contributed by atoms with Crippen molar-refractivity contribution >= 4 is 23.9 Å². The molecule has 0 radical (unpaired) electrons. The maximum atomic E-state index is 12.1. The van der Waals surface area contributed by atoms with Gasteiger partial charge in [0, 0.05) is 29.6 Å². The van der Waals surface area contributed by atoms with Gasteiger partial charge in [-0.05, 0) is 33.6 Å². The first-order chi connectivity index (χ1) is 24.4. The van der Waals surface area contributed by atoms with E-state index in [9.17, 15) is 19.2 Å². The van der Waals surface area contributed by atoms with Crippen LogP contribution < -0.4 is 0 Å². The Kier molecular flexibility index (Phi) is 11.7. The number of rotatable bonds is 5. The average molecular weight is 717 g/mol. The van der Waals surface area contributed by atoms with Gasteiger partial charge in [-0.25, -0.2) is 19.2 Å². The molecule has 0 N–H and O–H groups in total. The van der Waals surface area contributed by atoms with Crippen molar-refractivity contribution in [3.63, 3.8) is 0 Å². The Balaban J connectivity index is 0.000000181. The van der Waals surface area contributed by atoms with Crippen molar-refractivity contribution in [2.24, 2.45) is 0 Å². The lowest BCUT2D eigenvalue weighted by Crippen LogP contribution is -2.38. The summed E-state index contributed by atoms with van der Waals surface area (Å²) >= 11 is 0. The second-order valence-electron chi connectivity index (χ2n) is 12.8. The molecule has 280 valence electrons.